The van der Waals surface area contributed by atoms with Crippen molar-refractivity contribution in [2.24, 2.45) is 0 Å². The van der Waals surface area contributed by atoms with Gasteiger partial charge in [-0.1, -0.05) is 0 Å². The Morgan fingerprint density at radius 3 is 2.00 bits per heavy atom. The molecule has 0 saturated heterocycles. The minimum Gasteiger partial charge on any atom is -0.383 e. The second-order valence-electron chi connectivity index (χ2n) is 3.67. The molecule has 0 rings (SSSR count). The summed E-state index contributed by atoms with van der Waals surface area (Å²) >= 11 is 0. The van der Waals surface area contributed by atoms with E-state index in [1.165, 1.54) is 0 Å². The summed E-state index contributed by atoms with van der Waals surface area (Å²) in [7, 11) is 3.38. The number of nitrogens with one attached hydrogen (secondary N) is 1. The fourth-order valence-corrected chi connectivity index (χ4v) is 1.21. The topological polar surface area (TPSA) is 49.0 Å². The molecule has 1 N–H and O–H groups in total. The van der Waals surface area contributed by atoms with Crippen LogP contribution in [0.15, 0.2) is 0 Å². The molecule has 0 radical (unpaired) electrons. The molecule has 0 saturated carbocycles. The number of methoxy groups -OCH3 is 2. The molecule has 0 fully saturated rings. The van der Waals surface area contributed by atoms with Crippen LogP contribution in [0.25, 0.3) is 0 Å². The highest BCUT2D eigenvalue weighted by molar-refractivity contribution is 4.46. The highest BCUT2D eigenvalue weighted by Crippen LogP contribution is 1.87. The van der Waals surface area contributed by atoms with Crippen molar-refractivity contribution in [3.63, 3.8) is 0 Å². The lowest BCUT2D eigenvalue weighted by atomic mass is 10.4. The summed E-state index contributed by atoms with van der Waals surface area (Å²) in [6.45, 7) is 6.30. The van der Waals surface area contributed by atoms with Crippen LogP contribution in [0, 0.1) is 0 Å². The van der Waals surface area contributed by atoms with Gasteiger partial charge in [-0.05, 0) is 19.4 Å². The molecule has 5 heteroatoms. The minimum atomic E-state index is 0.661. The predicted molar refractivity (Wildman–Crippen MR) is 67.5 cm³/mol. The summed E-state index contributed by atoms with van der Waals surface area (Å²) in [4.78, 5) is 0. The maximum atomic E-state index is 5.46. The molecule has 0 aliphatic carbocycles. The molecule has 0 amide bonds. The lowest BCUT2D eigenvalue weighted by Gasteiger charge is -2.06. The molecule has 104 valence electrons. The Kier molecular flexibility index (Phi) is 15.6. The summed E-state index contributed by atoms with van der Waals surface area (Å²) in [6.07, 6.45) is 1.98. The van der Waals surface area contributed by atoms with Crippen LogP contribution >= 0.6 is 0 Å². The van der Waals surface area contributed by atoms with E-state index in [1.807, 2.05) is 0 Å². The van der Waals surface area contributed by atoms with Crippen LogP contribution in [-0.4, -0.2) is 67.0 Å². The van der Waals surface area contributed by atoms with E-state index in [4.69, 9.17) is 18.9 Å². The van der Waals surface area contributed by atoms with Gasteiger partial charge in [-0.3, -0.25) is 0 Å². The van der Waals surface area contributed by atoms with Gasteiger partial charge in [0.25, 0.3) is 0 Å². The Bertz CT molecular complexity index is 122. The Morgan fingerprint density at radius 1 is 0.647 bits per heavy atom. The smallest absolute Gasteiger partial charge is 0.0700 e. The van der Waals surface area contributed by atoms with Gasteiger partial charge in [0.15, 0.2) is 0 Å². The van der Waals surface area contributed by atoms with E-state index in [9.17, 15) is 0 Å². The molecule has 0 unspecified atom stereocenters. The van der Waals surface area contributed by atoms with Crippen molar-refractivity contribution in [3.05, 3.63) is 0 Å². The molecule has 0 aromatic carbocycles. The van der Waals surface area contributed by atoms with E-state index in [1.54, 1.807) is 14.2 Å². The zero-order chi connectivity index (χ0) is 12.6. The van der Waals surface area contributed by atoms with Gasteiger partial charge in [-0.25, -0.2) is 0 Å². The van der Waals surface area contributed by atoms with E-state index in [0.717, 1.165) is 52.4 Å². The maximum absolute atomic E-state index is 5.46. The maximum Gasteiger partial charge on any atom is 0.0700 e. The number of hydrogen-bond donors (Lipinski definition) is 1. The zero-order valence-electron chi connectivity index (χ0n) is 11.2. The molecule has 0 aliphatic rings. The molecule has 0 aromatic rings. The van der Waals surface area contributed by atoms with Gasteiger partial charge in [0.05, 0.1) is 19.8 Å². The number of hydrogen-bond acceptors (Lipinski definition) is 5. The van der Waals surface area contributed by atoms with E-state index in [2.05, 4.69) is 5.32 Å². The summed E-state index contributed by atoms with van der Waals surface area (Å²) in [5, 5.41) is 3.27. The van der Waals surface area contributed by atoms with Crippen LogP contribution < -0.4 is 5.32 Å². The molecule has 5 nitrogen and oxygen atoms in total. The van der Waals surface area contributed by atoms with E-state index in [0.29, 0.717) is 13.2 Å². The molecular formula is C12H27NO4. The second kappa shape index (κ2) is 15.8. The van der Waals surface area contributed by atoms with Crippen molar-refractivity contribution in [3.8, 4) is 0 Å². The van der Waals surface area contributed by atoms with Gasteiger partial charge in [0.1, 0.15) is 0 Å². The molecule has 0 spiro atoms. The van der Waals surface area contributed by atoms with Gasteiger partial charge in [-0.2, -0.15) is 0 Å². The standard InChI is InChI=1S/C12H27NO4/c1-14-10-6-13-5-3-7-16-8-4-9-17-12-11-15-2/h13H,3-12H2,1-2H3. The number of rotatable bonds is 14. The first-order chi connectivity index (χ1) is 8.41. The van der Waals surface area contributed by atoms with Crippen molar-refractivity contribution in [2.75, 3.05) is 67.0 Å². The largest absolute Gasteiger partial charge is 0.383 e. The molecule has 0 heterocycles. The number of ether oxygens (including phenoxy) is 4. The van der Waals surface area contributed by atoms with Gasteiger partial charge in [-0.15, -0.1) is 0 Å². The monoisotopic (exact) mass is 249 g/mol. The lowest BCUT2D eigenvalue weighted by molar-refractivity contribution is 0.0510. The third kappa shape index (κ3) is 15.8. The van der Waals surface area contributed by atoms with Crippen molar-refractivity contribution in [1.82, 2.24) is 5.32 Å². The van der Waals surface area contributed by atoms with Crippen LogP contribution in [0.4, 0.5) is 0 Å². The van der Waals surface area contributed by atoms with E-state index >= 15 is 0 Å². The first kappa shape index (κ1) is 16.8. The summed E-state index contributed by atoms with van der Waals surface area (Å²) in [5.74, 6) is 0. The van der Waals surface area contributed by atoms with Crippen LogP contribution in [0.3, 0.4) is 0 Å². The second-order valence-corrected chi connectivity index (χ2v) is 3.67. The Balaban J connectivity index is 2.85. The summed E-state index contributed by atoms with van der Waals surface area (Å²) in [5.41, 5.74) is 0. The van der Waals surface area contributed by atoms with E-state index < -0.39 is 0 Å². The van der Waals surface area contributed by atoms with Crippen LogP contribution in [0.1, 0.15) is 12.8 Å². The van der Waals surface area contributed by atoms with Gasteiger partial charge in [0, 0.05) is 40.6 Å². The van der Waals surface area contributed by atoms with Crippen molar-refractivity contribution < 1.29 is 18.9 Å². The quantitative estimate of drug-likeness (QED) is 0.459. The molecule has 0 atom stereocenters. The molecule has 0 aromatic heterocycles. The first-order valence-corrected chi connectivity index (χ1v) is 6.26. The highest BCUT2D eigenvalue weighted by atomic mass is 16.5. The van der Waals surface area contributed by atoms with Crippen LogP contribution in [0.2, 0.25) is 0 Å². The van der Waals surface area contributed by atoms with Gasteiger partial charge in [0.2, 0.25) is 0 Å². The predicted octanol–water partition coefficient (Wildman–Crippen LogP) is 0.682. The molecule has 0 aliphatic heterocycles. The fraction of sp³-hybridized carbons (Fsp3) is 1.00. The Hall–Kier alpha value is -0.200. The lowest BCUT2D eigenvalue weighted by Crippen LogP contribution is -2.21. The zero-order valence-corrected chi connectivity index (χ0v) is 11.2. The van der Waals surface area contributed by atoms with Crippen molar-refractivity contribution >= 4 is 0 Å². The fourth-order valence-electron chi connectivity index (χ4n) is 1.21. The Labute approximate surface area is 105 Å². The first-order valence-electron chi connectivity index (χ1n) is 6.26. The average molecular weight is 249 g/mol. The summed E-state index contributed by atoms with van der Waals surface area (Å²) in [6, 6.07) is 0. The third-order valence-corrected chi connectivity index (χ3v) is 2.13. The highest BCUT2D eigenvalue weighted by Gasteiger charge is 1.91. The van der Waals surface area contributed by atoms with Crippen molar-refractivity contribution in [2.45, 2.75) is 12.8 Å². The van der Waals surface area contributed by atoms with E-state index in [-0.39, 0.29) is 0 Å². The van der Waals surface area contributed by atoms with Gasteiger partial charge >= 0.3 is 0 Å². The van der Waals surface area contributed by atoms with Crippen LogP contribution in [-0.2, 0) is 18.9 Å². The normalized spacial score (nSPS) is 10.9. The average Bonchev–Trinajstić information content (AvgIpc) is 2.35. The Morgan fingerprint density at radius 2 is 1.29 bits per heavy atom. The van der Waals surface area contributed by atoms with Gasteiger partial charge < -0.3 is 24.3 Å². The third-order valence-electron chi connectivity index (χ3n) is 2.13. The minimum absolute atomic E-state index is 0.661. The molecule has 17 heavy (non-hydrogen) atoms. The van der Waals surface area contributed by atoms with Crippen molar-refractivity contribution in [1.29, 1.82) is 0 Å². The molecule has 0 bridgehead atoms. The molecular weight excluding hydrogens is 222 g/mol. The summed E-state index contributed by atoms with van der Waals surface area (Å²) < 4.78 is 20.6. The van der Waals surface area contributed by atoms with Crippen LogP contribution in [0.5, 0.6) is 0 Å². The SMILES string of the molecule is COCCNCCCOCCCOCCOC.